The van der Waals surface area contributed by atoms with Crippen LogP contribution in [0.25, 0.3) is 0 Å². The minimum absolute atomic E-state index is 0.271. The van der Waals surface area contributed by atoms with Gasteiger partial charge in [0.25, 0.3) is 0 Å². The number of hydrogen-bond donors (Lipinski definition) is 1. The Labute approximate surface area is 114 Å². The lowest BCUT2D eigenvalue weighted by atomic mass is 10.3. The molecule has 0 saturated heterocycles. The second-order valence-electron chi connectivity index (χ2n) is 3.04. The monoisotopic (exact) mass is 359 g/mol. The molecule has 0 aliphatic carbocycles. The highest BCUT2D eigenvalue weighted by atomic mass is 79.9. The smallest absolute Gasteiger partial charge is 0.115 e. The van der Waals surface area contributed by atoms with Crippen LogP contribution >= 0.6 is 43.6 Å². The molecule has 2 nitrogen and oxygen atoms in total. The molecule has 0 aliphatic rings. The van der Waals surface area contributed by atoms with E-state index < -0.39 is 0 Å². The number of aromatic nitrogens is 1. The van der Waals surface area contributed by atoms with E-state index >= 15 is 0 Å². The van der Waals surface area contributed by atoms with E-state index in [4.69, 9.17) is 0 Å². The molecule has 1 heterocycles. The molecule has 0 aliphatic heterocycles. The number of hydrogen-bond acceptors (Lipinski definition) is 3. The number of halogens is 2. The van der Waals surface area contributed by atoms with Crippen LogP contribution in [0.1, 0.15) is 0 Å². The van der Waals surface area contributed by atoms with Gasteiger partial charge in [0, 0.05) is 15.6 Å². The van der Waals surface area contributed by atoms with Crippen LogP contribution in [0.4, 0.5) is 0 Å². The summed E-state index contributed by atoms with van der Waals surface area (Å²) in [7, 11) is 0. The number of benzene rings is 1. The fourth-order valence-corrected chi connectivity index (χ4v) is 3.09. The van der Waals surface area contributed by atoms with E-state index in [2.05, 4.69) is 36.8 Å². The predicted octanol–water partition coefficient (Wildman–Crippen LogP) is 4.46. The van der Waals surface area contributed by atoms with Crippen molar-refractivity contribution in [3.05, 3.63) is 45.5 Å². The van der Waals surface area contributed by atoms with Crippen LogP contribution in [0.15, 0.2) is 55.4 Å². The molecule has 16 heavy (non-hydrogen) atoms. The van der Waals surface area contributed by atoms with Gasteiger partial charge in [-0.2, -0.15) is 0 Å². The zero-order chi connectivity index (χ0) is 11.5. The molecule has 0 atom stereocenters. The standard InChI is InChI=1S/C11H7Br2NOS/c12-7-5-10(13)11(14-6-7)16-9-3-1-8(15)2-4-9/h1-6,15H. The first kappa shape index (κ1) is 12.0. The molecule has 82 valence electrons. The van der Waals surface area contributed by atoms with Crippen LogP contribution in [-0.4, -0.2) is 10.1 Å². The first-order valence-corrected chi connectivity index (χ1v) is 6.83. The highest BCUT2D eigenvalue weighted by Gasteiger charge is 2.04. The molecule has 0 amide bonds. The molecule has 0 unspecified atom stereocenters. The van der Waals surface area contributed by atoms with E-state index in [9.17, 15) is 5.11 Å². The van der Waals surface area contributed by atoms with Crippen LogP contribution in [-0.2, 0) is 0 Å². The van der Waals surface area contributed by atoms with Gasteiger partial charge in [-0.1, -0.05) is 11.8 Å². The van der Waals surface area contributed by atoms with E-state index in [0.29, 0.717) is 0 Å². The van der Waals surface area contributed by atoms with Crippen molar-refractivity contribution in [1.82, 2.24) is 4.98 Å². The van der Waals surface area contributed by atoms with E-state index in [0.717, 1.165) is 18.9 Å². The summed E-state index contributed by atoms with van der Waals surface area (Å²) in [5.41, 5.74) is 0. The average Bonchev–Trinajstić information content (AvgIpc) is 2.25. The fraction of sp³-hybridized carbons (Fsp3) is 0. The van der Waals surface area contributed by atoms with Gasteiger partial charge in [0.05, 0.1) is 4.47 Å². The Balaban J connectivity index is 2.23. The average molecular weight is 361 g/mol. The van der Waals surface area contributed by atoms with Crippen molar-refractivity contribution in [2.45, 2.75) is 9.92 Å². The second-order valence-corrected chi connectivity index (χ2v) is 5.87. The molecule has 0 fully saturated rings. The number of phenols is 1. The van der Waals surface area contributed by atoms with Gasteiger partial charge in [0.15, 0.2) is 0 Å². The Hall–Kier alpha value is -0.520. The molecular weight excluding hydrogens is 354 g/mol. The first-order valence-electron chi connectivity index (χ1n) is 4.43. The molecule has 1 N–H and O–H groups in total. The van der Waals surface area contributed by atoms with Gasteiger partial charge >= 0.3 is 0 Å². The van der Waals surface area contributed by atoms with Crippen molar-refractivity contribution in [3.8, 4) is 5.75 Å². The van der Waals surface area contributed by atoms with E-state index in [1.807, 2.05) is 18.2 Å². The third-order valence-electron chi connectivity index (χ3n) is 1.83. The van der Waals surface area contributed by atoms with Crippen molar-refractivity contribution >= 4 is 43.6 Å². The van der Waals surface area contributed by atoms with E-state index in [1.165, 1.54) is 0 Å². The summed E-state index contributed by atoms with van der Waals surface area (Å²) in [6.07, 6.45) is 1.76. The van der Waals surface area contributed by atoms with Crippen molar-refractivity contribution in [2.24, 2.45) is 0 Å². The Kier molecular flexibility index (Phi) is 3.89. The van der Waals surface area contributed by atoms with Crippen LogP contribution in [0.5, 0.6) is 5.75 Å². The lowest BCUT2D eigenvalue weighted by Gasteiger charge is -2.03. The zero-order valence-electron chi connectivity index (χ0n) is 8.02. The summed E-state index contributed by atoms with van der Waals surface area (Å²) < 4.78 is 1.88. The number of aromatic hydroxyl groups is 1. The lowest BCUT2D eigenvalue weighted by Crippen LogP contribution is -1.82. The normalized spacial score (nSPS) is 10.4. The third kappa shape index (κ3) is 2.99. The van der Waals surface area contributed by atoms with Gasteiger partial charge < -0.3 is 5.11 Å². The second kappa shape index (κ2) is 5.21. The Morgan fingerprint density at radius 2 is 1.81 bits per heavy atom. The fourth-order valence-electron chi connectivity index (χ4n) is 1.10. The van der Waals surface area contributed by atoms with Crippen molar-refractivity contribution in [1.29, 1.82) is 0 Å². The number of nitrogens with zero attached hydrogens (tertiary/aromatic N) is 1. The van der Waals surface area contributed by atoms with Gasteiger partial charge in [-0.15, -0.1) is 0 Å². The van der Waals surface area contributed by atoms with Gasteiger partial charge in [0.2, 0.25) is 0 Å². The van der Waals surface area contributed by atoms with Gasteiger partial charge in [-0.3, -0.25) is 0 Å². The van der Waals surface area contributed by atoms with Gasteiger partial charge in [-0.25, -0.2) is 4.98 Å². The number of pyridine rings is 1. The number of rotatable bonds is 2. The van der Waals surface area contributed by atoms with Gasteiger partial charge in [-0.05, 0) is 62.2 Å². The Morgan fingerprint density at radius 1 is 1.12 bits per heavy atom. The quantitative estimate of drug-likeness (QED) is 0.857. The molecule has 2 rings (SSSR count). The summed E-state index contributed by atoms with van der Waals surface area (Å²) in [4.78, 5) is 5.34. The molecular formula is C11H7Br2NOS. The minimum Gasteiger partial charge on any atom is -0.508 e. The first-order chi connectivity index (χ1) is 7.65. The molecule has 2 aromatic rings. The maximum atomic E-state index is 9.17. The summed E-state index contributed by atoms with van der Waals surface area (Å²) in [6, 6.07) is 8.99. The minimum atomic E-state index is 0.271. The van der Waals surface area contributed by atoms with E-state index in [1.54, 1.807) is 30.1 Å². The maximum Gasteiger partial charge on any atom is 0.115 e. The Bertz CT molecular complexity index is 502. The molecule has 1 aromatic carbocycles. The summed E-state index contributed by atoms with van der Waals surface area (Å²) in [5.74, 6) is 0.271. The molecule has 0 saturated carbocycles. The molecule has 0 spiro atoms. The third-order valence-corrected chi connectivity index (χ3v) is 4.15. The predicted molar refractivity (Wildman–Crippen MR) is 71.9 cm³/mol. The summed E-state index contributed by atoms with van der Waals surface area (Å²) in [6.45, 7) is 0. The van der Waals surface area contributed by atoms with Crippen LogP contribution in [0.3, 0.4) is 0 Å². The van der Waals surface area contributed by atoms with Crippen LogP contribution < -0.4 is 0 Å². The Morgan fingerprint density at radius 3 is 2.44 bits per heavy atom. The van der Waals surface area contributed by atoms with Crippen molar-refractivity contribution < 1.29 is 5.11 Å². The highest BCUT2D eigenvalue weighted by Crippen LogP contribution is 2.33. The topological polar surface area (TPSA) is 33.1 Å². The largest absolute Gasteiger partial charge is 0.508 e. The molecule has 5 heteroatoms. The van der Waals surface area contributed by atoms with Crippen LogP contribution in [0.2, 0.25) is 0 Å². The maximum absolute atomic E-state index is 9.17. The summed E-state index contributed by atoms with van der Waals surface area (Å²) in [5, 5.41) is 10.1. The lowest BCUT2D eigenvalue weighted by molar-refractivity contribution is 0.475. The van der Waals surface area contributed by atoms with Gasteiger partial charge in [0.1, 0.15) is 10.8 Å². The van der Waals surface area contributed by atoms with Crippen molar-refractivity contribution in [2.75, 3.05) is 0 Å². The zero-order valence-corrected chi connectivity index (χ0v) is 12.0. The van der Waals surface area contributed by atoms with E-state index in [-0.39, 0.29) is 5.75 Å². The highest BCUT2D eigenvalue weighted by molar-refractivity contribution is 9.11. The van der Waals surface area contributed by atoms with Crippen molar-refractivity contribution in [3.63, 3.8) is 0 Å². The molecule has 0 radical (unpaired) electrons. The summed E-state index contributed by atoms with van der Waals surface area (Å²) >= 11 is 8.35. The SMILES string of the molecule is Oc1ccc(Sc2ncc(Br)cc2Br)cc1. The molecule has 1 aromatic heterocycles. The number of phenolic OH excluding ortho intramolecular Hbond substituents is 1. The molecule has 0 bridgehead atoms. The van der Waals surface area contributed by atoms with Crippen LogP contribution in [0, 0.1) is 0 Å².